The van der Waals surface area contributed by atoms with E-state index in [2.05, 4.69) is 26.1 Å². The van der Waals surface area contributed by atoms with Gasteiger partial charge in [0.2, 0.25) is 11.7 Å². The summed E-state index contributed by atoms with van der Waals surface area (Å²) in [7, 11) is 0. The fourth-order valence-electron chi connectivity index (χ4n) is 1.34. The van der Waals surface area contributed by atoms with Gasteiger partial charge in [-0.05, 0) is 19.1 Å². The Bertz CT molecular complexity index is 574. The van der Waals surface area contributed by atoms with Crippen LogP contribution in [0.2, 0.25) is 0 Å². The average molecular weight is 319 g/mol. The molecule has 0 radical (unpaired) electrons. The number of aryl methyl sites for hydroxylation is 1. The molecule has 2 rings (SSSR count). The van der Waals surface area contributed by atoms with Crippen LogP contribution in [-0.4, -0.2) is 10.2 Å². The summed E-state index contributed by atoms with van der Waals surface area (Å²) in [6.45, 7) is 3.23. The quantitative estimate of drug-likeness (QED) is 0.812. The zero-order valence-corrected chi connectivity index (χ0v) is 11.2. The number of aromatic nitrogens is 2. The van der Waals surface area contributed by atoms with Crippen molar-refractivity contribution in [1.82, 2.24) is 10.2 Å². The summed E-state index contributed by atoms with van der Waals surface area (Å²) in [4.78, 5) is 0. The van der Waals surface area contributed by atoms with Crippen molar-refractivity contribution in [3.8, 4) is 5.75 Å². The Morgan fingerprint density at radius 1 is 1.33 bits per heavy atom. The molecule has 1 aromatic heterocycles. The van der Waals surface area contributed by atoms with Crippen LogP contribution in [0.5, 0.6) is 5.75 Å². The van der Waals surface area contributed by atoms with Crippen molar-refractivity contribution in [3.63, 3.8) is 0 Å². The van der Waals surface area contributed by atoms with E-state index < -0.39 is 17.7 Å². The molecular formula is C11H9BrF2N2O2. The molecule has 0 saturated carbocycles. The fraction of sp³-hybridized carbons (Fsp3) is 0.273. The zero-order valence-electron chi connectivity index (χ0n) is 9.58. The summed E-state index contributed by atoms with van der Waals surface area (Å²) >= 11 is 3.06. The monoisotopic (exact) mass is 318 g/mol. The Hall–Kier alpha value is -1.50. The largest absolute Gasteiger partial charge is 0.478 e. The van der Waals surface area contributed by atoms with Crippen LogP contribution in [-0.2, 0) is 0 Å². The molecule has 4 nitrogen and oxygen atoms in total. The normalized spacial score (nSPS) is 12.5. The molecule has 0 amide bonds. The molecular weight excluding hydrogens is 310 g/mol. The van der Waals surface area contributed by atoms with Crippen molar-refractivity contribution in [2.75, 3.05) is 0 Å². The maximum Gasteiger partial charge on any atom is 0.256 e. The van der Waals surface area contributed by atoms with Crippen molar-refractivity contribution >= 4 is 15.9 Å². The second-order valence-corrected chi connectivity index (χ2v) is 4.53. The molecule has 1 unspecified atom stereocenters. The van der Waals surface area contributed by atoms with Crippen molar-refractivity contribution in [2.24, 2.45) is 0 Å². The maximum absolute atomic E-state index is 13.5. The SMILES string of the molecule is Cc1nnc(C(C)Oc2cc(Br)cc(F)c2F)o1. The van der Waals surface area contributed by atoms with Gasteiger partial charge in [-0.15, -0.1) is 10.2 Å². The molecule has 0 fully saturated rings. The predicted molar refractivity (Wildman–Crippen MR) is 62.1 cm³/mol. The lowest BCUT2D eigenvalue weighted by Crippen LogP contribution is -2.05. The number of hydrogen-bond acceptors (Lipinski definition) is 4. The third kappa shape index (κ3) is 2.66. The molecule has 0 N–H and O–H groups in total. The Labute approximate surface area is 110 Å². The van der Waals surface area contributed by atoms with Gasteiger partial charge in [0, 0.05) is 11.4 Å². The van der Waals surface area contributed by atoms with Gasteiger partial charge >= 0.3 is 0 Å². The van der Waals surface area contributed by atoms with Gasteiger partial charge in [-0.3, -0.25) is 0 Å². The first-order valence-corrected chi connectivity index (χ1v) is 5.88. The van der Waals surface area contributed by atoms with E-state index >= 15 is 0 Å². The van der Waals surface area contributed by atoms with Crippen LogP contribution >= 0.6 is 15.9 Å². The molecule has 0 aliphatic heterocycles. The Balaban J connectivity index is 2.24. The van der Waals surface area contributed by atoms with Crippen molar-refractivity contribution < 1.29 is 17.9 Å². The van der Waals surface area contributed by atoms with Crippen molar-refractivity contribution in [1.29, 1.82) is 0 Å². The van der Waals surface area contributed by atoms with E-state index in [0.717, 1.165) is 6.07 Å². The number of nitrogens with zero attached hydrogens (tertiary/aromatic N) is 2. The van der Waals surface area contributed by atoms with Crippen molar-refractivity contribution in [3.05, 3.63) is 40.0 Å². The number of rotatable bonds is 3. The third-order valence-corrected chi connectivity index (χ3v) is 2.61. The summed E-state index contributed by atoms with van der Waals surface area (Å²) < 4.78 is 37.4. The molecule has 0 aliphatic rings. The average Bonchev–Trinajstić information content (AvgIpc) is 2.72. The van der Waals surface area contributed by atoms with Crippen LogP contribution in [0.4, 0.5) is 8.78 Å². The van der Waals surface area contributed by atoms with Crippen molar-refractivity contribution in [2.45, 2.75) is 20.0 Å². The minimum atomic E-state index is -1.05. The standard InChI is InChI=1S/C11H9BrF2N2O2/c1-5(11-16-15-6(2)18-11)17-9-4-7(12)3-8(13)10(9)14/h3-5H,1-2H3. The molecule has 18 heavy (non-hydrogen) atoms. The molecule has 0 saturated heterocycles. The summed E-state index contributed by atoms with van der Waals surface area (Å²) in [5, 5.41) is 7.38. The molecule has 0 aliphatic carbocycles. The van der Waals surface area contributed by atoms with Crippen LogP contribution in [0.3, 0.4) is 0 Å². The van der Waals surface area contributed by atoms with Crippen LogP contribution < -0.4 is 4.74 Å². The van der Waals surface area contributed by atoms with E-state index in [1.165, 1.54) is 6.07 Å². The first kappa shape index (κ1) is 12.9. The minimum Gasteiger partial charge on any atom is -0.478 e. The lowest BCUT2D eigenvalue weighted by atomic mass is 10.3. The second kappa shape index (κ2) is 5.01. The molecule has 1 atom stereocenters. The predicted octanol–water partition coefficient (Wildman–Crippen LogP) is 3.56. The maximum atomic E-state index is 13.5. The number of halogens is 3. The molecule has 0 spiro atoms. The lowest BCUT2D eigenvalue weighted by molar-refractivity contribution is 0.177. The Morgan fingerprint density at radius 3 is 2.67 bits per heavy atom. The number of hydrogen-bond donors (Lipinski definition) is 0. The van der Waals surface area contributed by atoms with Crippen LogP contribution in [0, 0.1) is 18.6 Å². The third-order valence-electron chi connectivity index (χ3n) is 2.15. The number of ether oxygens (including phenoxy) is 1. The van der Waals surface area contributed by atoms with E-state index in [1.807, 2.05) is 0 Å². The van der Waals surface area contributed by atoms with Gasteiger partial charge in [0.05, 0.1) is 0 Å². The highest BCUT2D eigenvalue weighted by atomic mass is 79.9. The summed E-state index contributed by atoms with van der Waals surface area (Å²) in [6.07, 6.45) is -0.672. The van der Waals surface area contributed by atoms with Gasteiger partial charge in [-0.2, -0.15) is 4.39 Å². The Kier molecular flexibility index (Phi) is 3.60. The molecule has 2 aromatic rings. The molecule has 1 aromatic carbocycles. The second-order valence-electron chi connectivity index (χ2n) is 3.62. The van der Waals surface area contributed by atoms with Gasteiger partial charge in [0.25, 0.3) is 5.89 Å². The van der Waals surface area contributed by atoms with Gasteiger partial charge in [0.1, 0.15) is 0 Å². The molecule has 0 bridgehead atoms. The van der Waals surface area contributed by atoms with E-state index in [1.54, 1.807) is 13.8 Å². The first-order chi connectivity index (χ1) is 8.47. The van der Waals surface area contributed by atoms with E-state index in [-0.39, 0.29) is 11.6 Å². The van der Waals surface area contributed by atoms with E-state index in [0.29, 0.717) is 10.4 Å². The van der Waals surface area contributed by atoms with Crippen LogP contribution in [0.25, 0.3) is 0 Å². The highest BCUT2D eigenvalue weighted by Gasteiger charge is 2.18. The Morgan fingerprint density at radius 2 is 2.06 bits per heavy atom. The number of benzene rings is 1. The van der Waals surface area contributed by atoms with Gasteiger partial charge in [-0.25, -0.2) is 4.39 Å². The highest BCUT2D eigenvalue weighted by Crippen LogP contribution is 2.29. The molecule has 7 heteroatoms. The first-order valence-electron chi connectivity index (χ1n) is 5.08. The summed E-state index contributed by atoms with van der Waals surface area (Å²) in [5.41, 5.74) is 0. The van der Waals surface area contributed by atoms with Gasteiger partial charge in [-0.1, -0.05) is 15.9 Å². The lowest BCUT2D eigenvalue weighted by Gasteiger charge is -2.12. The smallest absolute Gasteiger partial charge is 0.256 e. The fourth-order valence-corrected chi connectivity index (χ4v) is 1.74. The van der Waals surface area contributed by atoms with Gasteiger partial charge < -0.3 is 9.15 Å². The van der Waals surface area contributed by atoms with Crippen LogP contribution in [0.15, 0.2) is 21.0 Å². The summed E-state index contributed by atoms with van der Waals surface area (Å²) in [6, 6.07) is 2.35. The van der Waals surface area contributed by atoms with E-state index in [9.17, 15) is 8.78 Å². The van der Waals surface area contributed by atoms with Crippen LogP contribution in [0.1, 0.15) is 24.8 Å². The molecule has 96 valence electrons. The summed E-state index contributed by atoms with van der Waals surface area (Å²) in [5.74, 6) is -1.69. The topological polar surface area (TPSA) is 48.2 Å². The highest BCUT2D eigenvalue weighted by molar-refractivity contribution is 9.10. The molecule has 1 heterocycles. The zero-order chi connectivity index (χ0) is 13.3. The minimum absolute atomic E-state index is 0.201. The van der Waals surface area contributed by atoms with Gasteiger partial charge in [0.15, 0.2) is 17.7 Å². The van der Waals surface area contributed by atoms with E-state index in [4.69, 9.17) is 9.15 Å².